The van der Waals surface area contributed by atoms with Gasteiger partial charge < -0.3 is 10.6 Å². The van der Waals surface area contributed by atoms with Crippen molar-refractivity contribution in [3.05, 3.63) is 0 Å². The number of amides is 1. The Bertz CT molecular complexity index is 215. The van der Waals surface area contributed by atoms with Crippen molar-refractivity contribution >= 4 is 17.7 Å². The second kappa shape index (κ2) is 7.17. The van der Waals surface area contributed by atoms with E-state index >= 15 is 0 Å². The van der Waals surface area contributed by atoms with Crippen LogP contribution in [-0.4, -0.2) is 37.0 Å². The molecule has 1 aliphatic carbocycles. The molecule has 0 saturated heterocycles. The summed E-state index contributed by atoms with van der Waals surface area (Å²) in [5.74, 6) is 0.174. The molecule has 1 saturated carbocycles. The van der Waals surface area contributed by atoms with Crippen LogP contribution in [0.2, 0.25) is 0 Å². The fourth-order valence-electron chi connectivity index (χ4n) is 2.24. The van der Waals surface area contributed by atoms with E-state index in [0.29, 0.717) is 11.2 Å². The molecule has 0 aromatic heterocycles. The first-order valence-corrected chi connectivity index (χ1v) is 7.41. The van der Waals surface area contributed by atoms with Gasteiger partial charge in [0.1, 0.15) is 0 Å². The minimum atomic E-state index is 0.174. The molecule has 1 aliphatic rings. The van der Waals surface area contributed by atoms with Crippen LogP contribution in [0.5, 0.6) is 0 Å². The second-order valence-electron chi connectivity index (χ2n) is 4.58. The largest absolute Gasteiger partial charge is 0.355 e. The predicted octanol–water partition coefficient (Wildman–Crippen LogP) is 1.78. The average molecular weight is 244 g/mol. The van der Waals surface area contributed by atoms with Gasteiger partial charge in [0.2, 0.25) is 5.91 Å². The molecular weight excluding hydrogens is 220 g/mol. The maximum Gasteiger partial charge on any atom is 0.221 e. The molecule has 0 aliphatic heterocycles. The molecule has 1 amide bonds. The minimum absolute atomic E-state index is 0.174. The molecule has 2 N–H and O–H groups in total. The lowest BCUT2D eigenvalue weighted by Gasteiger charge is -2.35. The highest BCUT2D eigenvalue weighted by Crippen LogP contribution is 2.37. The van der Waals surface area contributed by atoms with E-state index in [1.807, 2.05) is 18.8 Å². The molecule has 0 unspecified atom stereocenters. The van der Waals surface area contributed by atoms with Gasteiger partial charge in [0.25, 0.3) is 0 Å². The van der Waals surface area contributed by atoms with E-state index in [4.69, 9.17) is 0 Å². The number of nitrogens with one attached hydrogen (secondary N) is 2. The third kappa shape index (κ3) is 4.34. The summed E-state index contributed by atoms with van der Waals surface area (Å²) < 4.78 is 0.313. The van der Waals surface area contributed by atoms with Crippen LogP contribution in [0.1, 0.15) is 38.5 Å². The molecule has 0 aromatic carbocycles. The smallest absolute Gasteiger partial charge is 0.221 e. The SMILES string of the molecule is CNCCC(=O)NCC1(SC)CCCCC1. The zero-order valence-electron chi connectivity index (χ0n) is 10.5. The highest BCUT2D eigenvalue weighted by atomic mass is 32.2. The number of rotatable bonds is 6. The van der Waals surface area contributed by atoms with Crippen molar-refractivity contribution in [2.24, 2.45) is 0 Å². The number of carbonyl (C=O) groups is 1. The van der Waals surface area contributed by atoms with Gasteiger partial charge in [0, 0.05) is 24.3 Å². The van der Waals surface area contributed by atoms with Gasteiger partial charge in [-0.05, 0) is 26.1 Å². The Morgan fingerprint density at radius 1 is 1.31 bits per heavy atom. The third-order valence-electron chi connectivity index (χ3n) is 3.41. The summed E-state index contributed by atoms with van der Waals surface area (Å²) >= 11 is 1.93. The van der Waals surface area contributed by atoms with Gasteiger partial charge in [-0.1, -0.05) is 19.3 Å². The lowest BCUT2D eigenvalue weighted by molar-refractivity contribution is -0.121. The van der Waals surface area contributed by atoms with Crippen molar-refractivity contribution in [1.82, 2.24) is 10.6 Å². The zero-order chi connectivity index (χ0) is 11.9. The summed E-state index contributed by atoms with van der Waals surface area (Å²) in [5, 5.41) is 6.07. The van der Waals surface area contributed by atoms with Crippen LogP contribution < -0.4 is 10.6 Å². The topological polar surface area (TPSA) is 41.1 Å². The summed E-state index contributed by atoms with van der Waals surface area (Å²) in [6, 6.07) is 0. The minimum Gasteiger partial charge on any atom is -0.355 e. The van der Waals surface area contributed by atoms with Crippen LogP contribution in [0.25, 0.3) is 0 Å². The van der Waals surface area contributed by atoms with Crippen LogP contribution in [-0.2, 0) is 4.79 Å². The lowest BCUT2D eigenvalue weighted by Crippen LogP contribution is -2.42. The van der Waals surface area contributed by atoms with Crippen LogP contribution in [0, 0.1) is 0 Å². The summed E-state index contributed by atoms with van der Waals surface area (Å²) in [4.78, 5) is 11.5. The zero-order valence-corrected chi connectivity index (χ0v) is 11.3. The molecule has 4 heteroatoms. The van der Waals surface area contributed by atoms with E-state index in [9.17, 15) is 4.79 Å². The number of hydrogen-bond acceptors (Lipinski definition) is 3. The monoisotopic (exact) mass is 244 g/mol. The van der Waals surface area contributed by atoms with Crippen LogP contribution in [0.4, 0.5) is 0 Å². The van der Waals surface area contributed by atoms with Crippen LogP contribution in [0.3, 0.4) is 0 Å². The maximum atomic E-state index is 11.5. The van der Waals surface area contributed by atoms with E-state index in [1.165, 1.54) is 32.1 Å². The second-order valence-corrected chi connectivity index (χ2v) is 5.85. The fraction of sp³-hybridized carbons (Fsp3) is 0.917. The summed E-state index contributed by atoms with van der Waals surface area (Å²) in [7, 11) is 1.87. The van der Waals surface area contributed by atoms with Crippen molar-refractivity contribution in [2.45, 2.75) is 43.3 Å². The van der Waals surface area contributed by atoms with Gasteiger partial charge in [-0.2, -0.15) is 11.8 Å². The summed E-state index contributed by atoms with van der Waals surface area (Å²) in [6.07, 6.45) is 9.24. The summed E-state index contributed by atoms with van der Waals surface area (Å²) in [6.45, 7) is 1.61. The van der Waals surface area contributed by atoms with Crippen molar-refractivity contribution in [3.8, 4) is 0 Å². The van der Waals surface area contributed by atoms with E-state index in [0.717, 1.165) is 13.1 Å². The van der Waals surface area contributed by atoms with Crippen molar-refractivity contribution in [1.29, 1.82) is 0 Å². The lowest BCUT2D eigenvalue weighted by atomic mass is 9.88. The number of carbonyl (C=O) groups excluding carboxylic acids is 1. The van der Waals surface area contributed by atoms with Gasteiger partial charge >= 0.3 is 0 Å². The molecule has 16 heavy (non-hydrogen) atoms. The Labute approximate surface area is 103 Å². The Kier molecular flexibility index (Phi) is 6.21. The van der Waals surface area contributed by atoms with E-state index < -0.39 is 0 Å². The van der Waals surface area contributed by atoms with Crippen LogP contribution >= 0.6 is 11.8 Å². The first-order valence-electron chi connectivity index (χ1n) is 6.19. The third-order valence-corrected chi connectivity index (χ3v) is 4.83. The fourth-order valence-corrected chi connectivity index (χ4v) is 3.15. The Morgan fingerprint density at radius 3 is 2.56 bits per heavy atom. The molecule has 0 radical (unpaired) electrons. The molecule has 0 heterocycles. The summed E-state index contributed by atoms with van der Waals surface area (Å²) in [5.41, 5.74) is 0. The van der Waals surface area contributed by atoms with Gasteiger partial charge in [-0.3, -0.25) is 4.79 Å². The van der Waals surface area contributed by atoms with Gasteiger partial charge in [-0.15, -0.1) is 0 Å². The Morgan fingerprint density at radius 2 is 2.00 bits per heavy atom. The Hall–Kier alpha value is -0.220. The quantitative estimate of drug-likeness (QED) is 0.748. The van der Waals surface area contributed by atoms with Crippen molar-refractivity contribution in [3.63, 3.8) is 0 Å². The Balaban J connectivity index is 2.30. The molecule has 1 rings (SSSR count). The molecule has 94 valence electrons. The van der Waals surface area contributed by atoms with Gasteiger partial charge in [-0.25, -0.2) is 0 Å². The van der Waals surface area contributed by atoms with E-state index in [-0.39, 0.29) is 5.91 Å². The molecule has 1 fully saturated rings. The molecule has 0 spiro atoms. The molecule has 0 atom stereocenters. The molecule has 0 bridgehead atoms. The molecule has 3 nitrogen and oxygen atoms in total. The first-order chi connectivity index (χ1) is 7.72. The normalized spacial score (nSPS) is 19.4. The number of hydrogen-bond donors (Lipinski definition) is 2. The van der Waals surface area contributed by atoms with Crippen molar-refractivity contribution in [2.75, 3.05) is 26.4 Å². The molecule has 0 aromatic rings. The first kappa shape index (κ1) is 13.8. The van der Waals surface area contributed by atoms with Crippen molar-refractivity contribution < 1.29 is 4.79 Å². The highest BCUT2D eigenvalue weighted by Gasteiger charge is 2.31. The van der Waals surface area contributed by atoms with E-state index in [2.05, 4.69) is 16.9 Å². The van der Waals surface area contributed by atoms with E-state index in [1.54, 1.807) is 0 Å². The highest BCUT2D eigenvalue weighted by molar-refractivity contribution is 8.00. The predicted molar refractivity (Wildman–Crippen MR) is 70.9 cm³/mol. The maximum absolute atomic E-state index is 11.5. The standard InChI is InChI=1S/C12H24N2OS/c1-13-9-6-11(15)14-10-12(16-2)7-4-3-5-8-12/h13H,3-10H2,1-2H3,(H,14,15). The average Bonchev–Trinajstić information content (AvgIpc) is 2.35. The molecular formula is C12H24N2OS. The van der Waals surface area contributed by atoms with Gasteiger partial charge in [0.15, 0.2) is 0 Å². The van der Waals surface area contributed by atoms with Gasteiger partial charge in [0.05, 0.1) is 0 Å². The number of thioether (sulfide) groups is 1. The van der Waals surface area contributed by atoms with Crippen LogP contribution in [0.15, 0.2) is 0 Å².